The molecule has 0 heterocycles. The lowest BCUT2D eigenvalue weighted by Crippen LogP contribution is -2.33. The molecular weight excluding hydrogens is 182 g/mol. The maximum absolute atomic E-state index is 3.65. The zero-order valence-corrected chi connectivity index (χ0v) is 10.3. The van der Waals surface area contributed by atoms with Crippen molar-refractivity contribution in [2.24, 2.45) is 5.92 Å². The average molecular weight is 205 g/mol. The third kappa shape index (κ3) is 3.67. The average Bonchev–Trinajstić information content (AvgIpc) is 2.29. The Morgan fingerprint density at radius 3 is 2.20 bits per heavy atom. The summed E-state index contributed by atoms with van der Waals surface area (Å²) in [7, 11) is 0. The fraction of sp³-hybridized carbons (Fsp3) is 0.571. The highest BCUT2D eigenvalue weighted by Gasteiger charge is 2.13. The lowest BCUT2D eigenvalue weighted by Gasteiger charge is -2.24. The first-order valence-corrected chi connectivity index (χ1v) is 5.96. The molecule has 0 aliphatic heterocycles. The molecule has 15 heavy (non-hydrogen) atoms. The van der Waals surface area contributed by atoms with Crippen LogP contribution in [0.1, 0.15) is 45.7 Å². The van der Waals surface area contributed by atoms with E-state index in [9.17, 15) is 0 Å². The number of hydrogen-bond acceptors (Lipinski definition) is 1. The Hall–Kier alpha value is -0.820. The van der Waals surface area contributed by atoms with E-state index in [0.29, 0.717) is 12.1 Å². The monoisotopic (exact) mass is 205 g/mol. The molecule has 3 atom stereocenters. The second-order valence-electron chi connectivity index (χ2n) is 4.47. The van der Waals surface area contributed by atoms with Crippen molar-refractivity contribution >= 4 is 0 Å². The van der Waals surface area contributed by atoms with Gasteiger partial charge in [0.05, 0.1) is 0 Å². The highest BCUT2D eigenvalue weighted by Crippen LogP contribution is 2.15. The second-order valence-corrected chi connectivity index (χ2v) is 4.47. The maximum Gasteiger partial charge on any atom is 0.0294 e. The van der Waals surface area contributed by atoms with E-state index >= 15 is 0 Å². The van der Waals surface area contributed by atoms with Gasteiger partial charge >= 0.3 is 0 Å². The van der Waals surface area contributed by atoms with Crippen LogP contribution in [0.25, 0.3) is 0 Å². The first kappa shape index (κ1) is 12.3. The Morgan fingerprint density at radius 1 is 1.07 bits per heavy atom. The first-order valence-electron chi connectivity index (χ1n) is 5.96. The molecule has 0 spiro atoms. The topological polar surface area (TPSA) is 12.0 Å². The van der Waals surface area contributed by atoms with Gasteiger partial charge in [-0.1, -0.05) is 50.6 Å². The molecular formula is C14H23N. The van der Waals surface area contributed by atoms with E-state index in [2.05, 4.69) is 63.3 Å². The molecule has 84 valence electrons. The number of benzene rings is 1. The molecule has 0 saturated heterocycles. The lowest BCUT2D eigenvalue weighted by molar-refractivity contribution is 0.360. The van der Waals surface area contributed by atoms with Crippen molar-refractivity contribution in [3.05, 3.63) is 35.9 Å². The fourth-order valence-electron chi connectivity index (χ4n) is 1.75. The summed E-state index contributed by atoms with van der Waals surface area (Å²) in [5.41, 5.74) is 1.37. The van der Waals surface area contributed by atoms with Crippen LogP contribution in [0.2, 0.25) is 0 Å². The maximum atomic E-state index is 3.65. The van der Waals surface area contributed by atoms with Crippen LogP contribution >= 0.6 is 0 Å². The molecule has 1 aromatic rings. The van der Waals surface area contributed by atoms with Gasteiger partial charge in [-0.25, -0.2) is 0 Å². The standard InChI is InChI=1S/C14H23N/c1-5-11(2)12(3)15-13(4)14-9-7-6-8-10-14/h6-13,15H,5H2,1-4H3/t11-,12+,13+/m1/s1. The minimum absolute atomic E-state index is 0.440. The lowest BCUT2D eigenvalue weighted by atomic mass is 9.99. The van der Waals surface area contributed by atoms with Crippen molar-refractivity contribution in [1.29, 1.82) is 0 Å². The summed E-state index contributed by atoms with van der Waals surface area (Å²) in [5.74, 6) is 0.733. The molecule has 0 amide bonds. The van der Waals surface area contributed by atoms with Gasteiger partial charge in [0.15, 0.2) is 0 Å². The van der Waals surface area contributed by atoms with Gasteiger partial charge in [-0.05, 0) is 25.3 Å². The van der Waals surface area contributed by atoms with Crippen molar-refractivity contribution < 1.29 is 0 Å². The van der Waals surface area contributed by atoms with Crippen LogP contribution < -0.4 is 5.32 Å². The van der Waals surface area contributed by atoms with Crippen molar-refractivity contribution in [1.82, 2.24) is 5.32 Å². The molecule has 0 aliphatic carbocycles. The normalized spacial score (nSPS) is 17.1. The molecule has 1 heteroatoms. The van der Waals surface area contributed by atoms with Gasteiger partial charge in [0.2, 0.25) is 0 Å². The van der Waals surface area contributed by atoms with Gasteiger partial charge in [-0.15, -0.1) is 0 Å². The van der Waals surface area contributed by atoms with Crippen LogP contribution in [0.15, 0.2) is 30.3 Å². The Morgan fingerprint density at radius 2 is 1.67 bits per heavy atom. The van der Waals surface area contributed by atoms with Crippen molar-refractivity contribution in [3.63, 3.8) is 0 Å². The summed E-state index contributed by atoms with van der Waals surface area (Å²) in [5, 5.41) is 3.65. The molecule has 1 nitrogen and oxygen atoms in total. The van der Waals surface area contributed by atoms with Crippen molar-refractivity contribution in [2.45, 2.75) is 46.2 Å². The van der Waals surface area contributed by atoms with E-state index in [-0.39, 0.29) is 0 Å². The number of nitrogens with one attached hydrogen (secondary N) is 1. The third-order valence-corrected chi connectivity index (χ3v) is 3.31. The Bertz CT molecular complexity index is 268. The van der Waals surface area contributed by atoms with Crippen LogP contribution in [-0.4, -0.2) is 6.04 Å². The summed E-state index contributed by atoms with van der Waals surface area (Å²) in [6, 6.07) is 11.6. The van der Waals surface area contributed by atoms with E-state index in [0.717, 1.165) is 5.92 Å². The quantitative estimate of drug-likeness (QED) is 0.771. The van der Waals surface area contributed by atoms with E-state index < -0.39 is 0 Å². The molecule has 1 aromatic carbocycles. The molecule has 0 aromatic heterocycles. The molecule has 1 rings (SSSR count). The largest absolute Gasteiger partial charge is 0.307 e. The summed E-state index contributed by atoms with van der Waals surface area (Å²) < 4.78 is 0. The molecule has 0 radical (unpaired) electrons. The van der Waals surface area contributed by atoms with E-state index in [1.165, 1.54) is 12.0 Å². The highest BCUT2D eigenvalue weighted by atomic mass is 14.9. The Kier molecular flexibility index (Phi) is 4.83. The minimum atomic E-state index is 0.440. The number of rotatable bonds is 5. The van der Waals surface area contributed by atoms with Crippen LogP contribution in [0.3, 0.4) is 0 Å². The molecule has 0 bridgehead atoms. The van der Waals surface area contributed by atoms with Crippen molar-refractivity contribution in [2.75, 3.05) is 0 Å². The van der Waals surface area contributed by atoms with Gasteiger partial charge < -0.3 is 5.32 Å². The fourth-order valence-corrected chi connectivity index (χ4v) is 1.75. The third-order valence-electron chi connectivity index (χ3n) is 3.31. The van der Waals surface area contributed by atoms with Gasteiger partial charge in [-0.3, -0.25) is 0 Å². The Balaban J connectivity index is 2.52. The first-order chi connectivity index (χ1) is 7.15. The van der Waals surface area contributed by atoms with Crippen LogP contribution in [0.4, 0.5) is 0 Å². The van der Waals surface area contributed by atoms with Crippen LogP contribution in [0.5, 0.6) is 0 Å². The molecule has 1 N–H and O–H groups in total. The molecule has 0 fully saturated rings. The van der Waals surface area contributed by atoms with E-state index in [1.807, 2.05) is 0 Å². The van der Waals surface area contributed by atoms with Gasteiger partial charge in [0.25, 0.3) is 0 Å². The zero-order valence-electron chi connectivity index (χ0n) is 10.3. The van der Waals surface area contributed by atoms with Crippen molar-refractivity contribution in [3.8, 4) is 0 Å². The summed E-state index contributed by atoms with van der Waals surface area (Å²) in [4.78, 5) is 0. The van der Waals surface area contributed by atoms with Gasteiger partial charge in [-0.2, -0.15) is 0 Å². The number of hydrogen-bond donors (Lipinski definition) is 1. The van der Waals surface area contributed by atoms with E-state index in [1.54, 1.807) is 0 Å². The Labute approximate surface area is 93.9 Å². The SMILES string of the molecule is CC[C@@H](C)[C@H](C)N[C@@H](C)c1ccccc1. The molecule has 0 aliphatic rings. The predicted molar refractivity (Wildman–Crippen MR) is 66.9 cm³/mol. The molecule has 0 unspecified atom stereocenters. The van der Waals surface area contributed by atoms with Gasteiger partial charge in [0.1, 0.15) is 0 Å². The minimum Gasteiger partial charge on any atom is -0.307 e. The summed E-state index contributed by atoms with van der Waals surface area (Å²) in [6.07, 6.45) is 1.23. The highest BCUT2D eigenvalue weighted by molar-refractivity contribution is 5.18. The predicted octanol–water partition coefficient (Wildman–Crippen LogP) is 3.77. The van der Waals surface area contributed by atoms with Gasteiger partial charge in [0, 0.05) is 12.1 Å². The summed E-state index contributed by atoms with van der Waals surface area (Å²) in [6.45, 7) is 9.05. The smallest absolute Gasteiger partial charge is 0.0294 e. The molecule has 0 saturated carbocycles. The van der Waals surface area contributed by atoms with Crippen LogP contribution in [0, 0.1) is 5.92 Å². The van der Waals surface area contributed by atoms with E-state index in [4.69, 9.17) is 0 Å². The summed E-state index contributed by atoms with van der Waals surface area (Å²) >= 11 is 0. The second kappa shape index (κ2) is 5.92. The zero-order chi connectivity index (χ0) is 11.3. The van der Waals surface area contributed by atoms with Crippen LogP contribution in [-0.2, 0) is 0 Å².